The summed E-state index contributed by atoms with van der Waals surface area (Å²) in [6.07, 6.45) is 0. The number of benzene rings is 2. The third kappa shape index (κ3) is 2.88. The summed E-state index contributed by atoms with van der Waals surface area (Å²) in [5.41, 5.74) is 1.53. The number of hydrogen-bond donors (Lipinski definition) is 0. The number of fused-ring (bicyclic) bond motifs is 1. The van der Waals surface area contributed by atoms with Crippen LogP contribution in [0.2, 0.25) is 0 Å². The van der Waals surface area contributed by atoms with E-state index in [1.165, 1.54) is 0 Å². The van der Waals surface area contributed by atoms with E-state index in [1.807, 2.05) is 12.1 Å². The van der Waals surface area contributed by atoms with Gasteiger partial charge in [-0.15, -0.1) is 0 Å². The summed E-state index contributed by atoms with van der Waals surface area (Å²) in [5.74, 6) is 1.33. The van der Waals surface area contributed by atoms with Crippen molar-refractivity contribution in [3.63, 3.8) is 0 Å². The zero-order chi connectivity index (χ0) is 16.6. The lowest BCUT2D eigenvalue weighted by Gasteiger charge is -2.09. The Bertz CT molecular complexity index is 930. The highest BCUT2D eigenvalue weighted by molar-refractivity contribution is 9.11. The lowest BCUT2D eigenvalue weighted by Crippen LogP contribution is -2.07. The van der Waals surface area contributed by atoms with Gasteiger partial charge in [0.2, 0.25) is 5.43 Å². The molecule has 0 aliphatic carbocycles. The molecule has 6 heteroatoms. The van der Waals surface area contributed by atoms with E-state index in [4.69, 9.17) is 13.9 Å². The van der Waals surface area contributed by atoms with Crippen molar-refractivity contribution in [2.24, 2.45) is 0 Å². The highest BCUT2D eigenvalue weighted by Gasteiger charge is 2.17. The van der Waals surface area contributed by atoms with Crippen LogP contribution in [0.15, 0.2) is 54.8 Å². The predicted octanol–water partition coefficient (Wildman–Crippen LogP) is 5.00. The van der Waals surface area contributed by atoms with Gasteiger partial charge in [0.25, 0.3) is 0 Å². The largest absolute Gasteiger partial charge is 0.497 e. The first-order chi connectivity index (χ1) is 11.0. The SMILES string of the molecule is COc1ccc(-c2c(Br)oc3cc(OC)cc(Br)c3c2=O)cc1. The van der Waals surface area contributed by atoms with Gasteiger partial charge in [-0.3, -0.25) is 4.79 Å². The molecule has 1 heterocycles. The molecule has 23 heavy (non-hydrogen) atoms. The third-order valence-corrected chi connectivity index (χ3v) is 4.68. The van der Waals surface area contributed by atoms with E-state index in [-0.39, 0.29) is 5.43 Å². The molecule has 118 valence electrons. The monoisotopic (exact) mass is 438 g/mol. The Morgan fingerprint density at radius 1 is 0.957 bits per heavy atom. The maximum Gasteiger partial charge on any atom is 0.202 e. The van der Waals surface area contributed by atoms with E-state index < -0.39 is 0 Å². The van der Waals surface area contributed by atoms with Gasteiger partial charge in [-0.2, -0.15) is 0 Å². The van der Waals surface area contributed by atoms with E-state index in [1.54, 1.807) is 38.5 Å². The van der Waals surface area contributed by atoms with Gasteiger partial charge in [0, 0.05) is 10.5 Å². The van der Waals surface area contributed by atoms with Crippen LogP contribution >= 0.6 is 31.9 Å². The molecule has 0 spiro atoms. The quantitative estimate of drug-likeness (QED) is 0.576. The molecule has 0 saturated carbocycles. The summed E-state index contributed by atoms with van der Waals surface area (Å²) in [7, 11) is 3.16. The molecule has 0 atom stereocenters. The van der Waals surface area contributed by atoms with E-state index in [2.05, 4.69) is 31.9 Å². The van der Waals surface area contributed by atoms with Crippen LogP contribution in [0.5, 0.6) is 11.5 Å². The third-order valence-electron chi connectivity index (χ3n) is 3.49. The summed E-state index contributed by atoms with van der Waals surface area (Å²) in [6, 6.07) is 10.7. The lowest BCUT2D eigenvalue weighted by molar-refractivity contribution is 0.414. The van der Waals surface area contributed by atoms with Gasteiger partial charge in [-0.25, -0.2) is 0 Å². The molecule has 2 aromatic carbocycles. The molecule has 0 bridgehead atoms. The second kappa shape index (κ2) is 6.37. The smallest absolute Gasteiger partial charge is 0.202 e. The predicted molar refractivity (Wildman–Crippen MR) is 96.4 cm³/mol. The molecule has 0 saturated heterocycles. The summed E-state index contributed by atoms with van der Waals surface area (Å²) in [6.45, 7) is 0. The molecular weight excluding hydrogens is 428 g/mol. The first kappa shape index (κ1) is 16.1. The van der Waals surface area contributed by atoms with E-state index in [0.29, 0.717) is 31.4 Å². The van der Waals surface area contributed by atoms with Crippen molar-refractivity contribution >= 4 is 42.8 Å². The van der Waals surface area contributed by atoms with Crippen LogP contribution in [0.4, 0.5) is 0 Å². The molecule has 3 aromatic rings. The standard InChI is InChI=1S/C17H12Br2O4/c1-21-10-5-3-9(4-6-10)14-16(20)15-12(18)7-11(22-2)8-13(15)23-17(14)19/h3-8H,1-2H3. The van der Waals surface area contributed by atoms with Gasteiger partial charge < -0.3 is 13.9 Å². The normalized spacial score (nSPS) is 10.8. The van der Waals surface area contributed by atoms with Crippen molar-refractivity contribution in [1.82, 2.24) is 0 Å². The molecule has 3 rings (SSSR count). The van der Waals surface area contributed by atoms with Crippen LogP contribution in [-0.4, -0.2) is 14.2 Å². The van der Waals surface area contributed by atoms with Gasteiger partial charge in [-0.1, -0.05) is 12.1 Å². The summed E-state index contributed by atoms with van der Waals surface area (Å²) in [4.78, 5) is 12.9. The number of rotatable bonds is 3. The van der Waals surface area contributed by atoms with Crippen molar-refractivity contribution in [2.75, 3.05) is 14.2 Å². The van der Waals surface area contributed by atoms with Crippen molar-refractivity contribution < 1.29 is 13.9 Å². The molecule has 0 aliphatic heterocycles. The molecule has 0 amide bonds. The Hall–Kier alpha value is -1.79. The zero-order valence-electron chi connectivity index (χ0n) is 12.4. The van der Waals surface area contributed by atoms with E-state index in [9.17, 15) is 4.79 Å². The highest BCUT2D eigenvalue weighted by Crippen LogP contribution is 2.34. The number of hydrogen-bond acceptors (Lipinski definition) is 4. The first-order valence-corrected chi connectivity index (χ1v) is 8.28. The van der Waals surface area contributed by atoms with Crippen LogP contribution in [0.1, 0.15) is 0 Å². The summed E-state index contributed by atoms with van der Waals surface area (Å²) >= 11 is 6.78. The Morgan fingerprint density at radius 3 is 2.22 bits per heavy atom. The van der Waals surface area contributed by atoms with Crippen LogP contribution in [-0.2, 0) is 0 Å². The van der Waals surface area contributed by atoms with E-state index >= 15 is 0 Å². The Labute approximate surface area is 149 Å². The van der Waals surface area contributed by atoms with Crippen molar-refractivity contribution in [2.45, 2.75) is 0 Å². The molecule has 0 fully saturated rings. The van der Waals surface area contributed by atoms with Crippen molar-refractivity contribution in [1.29, 1.82) is 0 Å². The minimum atomic E-state index is -0.127. The van der Waals surface area contributed by atoms with Gasteiger partial charge in [0.15, 0.2) is 4.67 Å². The van der Waals surface area contributed by atoms with Crippen LogP contribution in [0.25, 0.3) is 22.1 Å². The van der Waals surface area contributed by atoms with Gasteiger partial charge >= 0.3 is 0 Å². The fourth-order valence-corrected chi connectivity index (χ4v) is 3.53. The van der Waals surface area contributed by atoms with Gasteiger partial charge in [0.05, 0.1) is 25.2 Å². The van der Waals surface area contributed by atoms with Gasteiger partial charge in [0.1, 0.15) is 17.1 Å². The van der Waals surface area contributed by atoms with Crippen molar-refractivity contribution in [3.8, 4) is 22.6 Å². The summed E-state index contributed by atoms with van der Waals surface area (Å²) in [5, 5.41) is 0.472. The molecule has 1 aromatic heterocycles. The Morgan fingerprint density at radius 2 is 1.61 bits per heavy atom. The number of ether oxygens (including phenoxy) is 2. The zero-order valence-corrected chi connectivity index (χ0v) is 15.5. The fourth-order valence-electron chi connectivity index (χ4n) is 2.34. The van der Waals surface area contributed by atoms with Gasteiger partial charge in [-0.05, 0) is 55.6 Å². The van der Waals surface area contributed by atoms with Crippen molar-refractivity contribution in [3.05, 3.63) is 55.8 Å². The van der Waals surface area contributed by atoms with Crippen LogP contribution in [0.3, 0.4) is 0 Å². The minimum Gasteiger partial charge on any atom is -0.497 e. The average molecular weight is 440 g/mol. The minimum absolute atomic E-state index is 0.127. The molecule has 0 aliphatic rings. The molecule has 0 N–H and O–H groups in total. The number of halogens is 2. The number of methoxy groups -OCH3 is 2. The molecule has 4 nitrogen and oxygen atoms in total. The second-order valence-electron chi connectivity index (χ2n) is 4.79. The first-order valence-electron chi connectivity index (χ1n) is 6.69. The maximum atomic E-state index is 12.9. The van der Waals surface area contributed by atoms with E-state index in [0.717, 1.165) is 11.3 Å². The molecular formula is C17H12Br2O4. The highest BCUT2D eigenvalue weighted by atomic mass is 79.9. The maximum absolute atomic E-state index is 12.9. The van der Waals surface area contributed by atoms with Crippen LogP contribution in [0, 0.1) is 0 Å². The topological polar surface area (TPSA) is 48.7 Å². The molecule has 0 radical (unpaired) electrons. The lowest BCUT2D eigenvalue weighted by atomic mass is 10.1. The second-order valence-corrected chi connectivity index (χ2v) is 6.37. The Balaban J connectivity index is 2.29. The summed E-state index contributed by atoms with van der Waals surface area (Å²) < 4.78 is 17.1. The fraction of sp³-hybridized carbons (Fsp3) is 0.118. The van der Waals surface area contributed by atoms with Crippen LogP contribution < -0.4 is 14.9 Å². The average Bonchev–Trinajstić information content (AvgIpc) is 2.54. The Kier molecular flexibility index (Phi) is 4.46. The molecule has 0 unspecified atom stereocenters.